The molecule has 1 atom stereocenters. The Balaban J connectivity index is 2.28. The number of rotatable bonds is 5. The van der Waals surface area contributed by atoms with Gasteiger partial charge < -0.3 is 20.3 Å². The van der Waals surface area contributed by atoms with Crippen LogP contribution in [0.4, 0.5) is 5.82 Å². The Morgan fingerprint density at radius 1 is 1.24 bits per heavy atom. The number of hydrogen-bond acceptors (Lipinski definition) is 5. The highest BCUT2D eigenvalue weighted by molar-refractivity contribution is 9.10. The molecule has 3 N–H and O–H groups in total. The van der Waals surface area contributed by atoms with Crippen LogP contribution < -0.4 is 15.2 Å². The molecular weight excluding hydrogens is 336 g/mol. The van der Waals surface area contributed by atoms with Gasteiger partial charge in [0.2, 0.25) is 0 Å². The van der Waals surface area contributed by atoms with Gasteiger partial charge in [-0.25, -0.2) is 4.98 Å². The van der Waals surface area contributed by atoms with Gasteiger partial charge in [0.15, 0.2) is 11.5 Å². The number of anilines is 1. The molecule has 0 saturated heterocycles. The maximum absolute atomic E-state index is 10.4. The van der Waals surface area contributed by atoms with Crippen LogP contribution >= 0.6 is 15.9 Å². The number of hydrogen-bond donors (Lipinski definition) is 2. The number of methoxy groups -OCH3 is 2. The van der Waals surface area contributed by atoms with Crippen molar-refractivity contribution in [1.29, 1.82) is 0 Å². The Bertz CT molecular complexity index is 634. The van der Waals surface area contributed by atoms with Gasteiger partial charge in [-0.15, -0.1) is 0 Å². The van der Waals surface area contributed by atoms with Gasteiger partial charge in [-0.2, -0.15) is 0 Å². The number of benzene rings is 1. The zero-order chi connectivity index (χ0) is 15.4. The van der Waals surface area contributed by atoms with Crippen LogP contribution in [-0.4, -0.2) is 24.3 Å². The standard InChI is InChI=1S/C15H17BrN2O3/c1-20-13-7-10(11(16)8-14(13)21-2)12(19)5-9-3-4-18-15(17)6-9/h3-4,6-8,12,19H,5H2,1-2H3,(H2,17,18). The highest BCUT2D eigenvalue weighted by atomic mass is 79.9. The van der Waals surface area contributed by atoms with Gasteiger partial charge in [-0.3, -0.25) is 0 Å². The lowest BCUT2D eigenvalue weighted by Crippen LogP contribution is -2.05. The molecule has 5 nitrogen and oxygen atoms in total. The minimum absolute atomic E-state index is 0.431. The second kappa shape index (κ2) is 6.78. The van der Waals surface area contributed by atoms with Crippen molar-refractivity contribution < 1.29 is 14.6 Å². The molecule has 1 aromatic carbocycles. The summed E-state index contributed by atoms with van der Waals surface area (Å²) < 4.78 is 11.2. The molecule has 0 aliphatic heterocycles. The molecule has 1 unspecified atom stereocenters. The van der Waals surface area contributed by atoms with Crippen LogP contribution in [0.1, 0.15) is 17.2 Å². The molecule has 0 saturated carbocycles. The molecule has 0 aliphatic rings. The number of nitrogen functional groups attached to an aromatic ring is 1. The van der Waals surface area contributed by atoms with Crippen molar-refractivity contribution in [2.75, 3.05) is 20.0 Å². The van der Waals surface area contributed by atoms with Crippen LogP contribution in [0.15, 0.2) is 34.9 Å². The molecule has 0 amide bonds. The molecular formula is C15H17BrN2O3. The fraction of sp³-hybridized carbons (Fsp3) is 0.267. The Kier molecular flexibility index (Phi) is 5.03. The summed E-state index contributed by atoms with van der Waals surface area (Å²) in [6.45, 7) is 0. The minimum Gasteiger partial charge on any atom is -0.493 e. The summed E-state index contributed by atoms with van der Waals surface area (Å²) >= 11 is 3.45. The topological polar surface area (TPSA) is 77.6 Å². The van der Waals surface area contributed by atoms with Crippen LogP contribution in [0, 0.1) is 0 Å². The predicted molar refractivity (Wildman–Crippen MR) is 84.6 cm³/mol. The summed E-state index contributed by atoms with van der Waals surface area (Å²) in [4.78, 5) is 3.94. The molecule has 2 rings (SSSR count). The fourth-order valence-corrected chi connectivity index (χ4v) is 2.67. The maximum Gasteiger partial charge on any atom is 0.161 e. The number of halogens is 1. The number of nitrogens with zero attached hydrogens (tertiary/aromatic N) is 1. The third-order valence-corrected chi connectivity index (χ3v) is 3.82. The highest BCUT2D eigenvalue weighted by Crippen LogP contribution is 2.36. The Hall–Kier alpha value is -1.79. The Morgan fingerprint density at radius 2 is 1.90 bits per heavy atom. The first kappa shape index (κ1) is 15.6. The fourth-order valence-electron chi connectivity index (χ4n) is 2.08. The second-order valence-corrected chi connectivity index (χ2v) is 5.39. The van der Waals surface area contributed by atoms with Crippen molar-refractivity contribution in [1.82, 2.24) is 4.98 Å². The molecule has 0 aliphatic carbocycles. The highest BCUT2D eigenvalue weighted by Gasteiger charge is 2.16. The van der Waals surface area contributed by atoms with Crippen molar-refractivity contribution in [3.8, 4) is 11.5 Å². The van der Waals surface area contributed by atoms with E-state index in [-0.39, 0.29) is 0 Å². The largest absolute Gasteiger partial charge is 0.493 e. The SMILES string of the molecule is COc1cc(Br)c(C(O)Cc2ccnc(N)c2)cc1OC. The van der Waals surface area contributed by atoms with Crippen LogP contribution in [0.2, 0.25) is 0 Å². The van der Waals surface area contributed by atoms with Crippen molar-refractivity contribution in [3.63, 3.8) is 0 Å². The van der Waals surface area contributed by atoms with E-state index in [9.17, 15) is 5.11 Å². The van der Waals surface area contributed by atoms with Crippen LogP contribution in [0.25, 0.3) is 0 Å². The lowest BCUT2D eigenvalue weighted by Gasteiger charge is -2.16. The molecule has 112 valence electrons. The molecule has 0 bridgehead atoms. The summed E-state index contributed by atoms with van der Waals surface area (Å²) in [6, 6.07) is 7.11. The molecule has 1 aromatic heterocycles. The molecule has 1 heterocycles. The van der Waals surface area contributed by atoms with Crippen LogP contribution in [-0.2, 0) is 6.42 Å². The predicted octanol–water partition coefficient (Wildman–Crippen LogP) is 2.72. The van der Waals surface area contributed by atoms with E-state index in [0.717, 1.165) is 15.6 Å². The van der Waals surface area contributed by atoms with Crippen LogP contribution in [0.5, 0.6) is 11.5 Å². The van der Waals surface area contributed by atoms with Gasteiger partial charge in [0.1, 0.15) is 5.82 Å². The molecule has 2 aromatic rings. The first-order valence-electron chi connectivity index (χ1n) is 6.35. The van der Waals surface area contributed by atoms with E-state index >= 15 is 0 Å². The molecule has 0 radical (unpaired) electrons. The van der Waals surface area contributed by atoms with E-state index in [0.29, 0.717) is 23.7 Å². The molecule has 6 heteroatoms. The second-order valence-electron chi connectivity index (χ2n) is 4.54. The lowest BCUT2D eigenvalue weighted by atomic mass is 10.0. The zero-order valence-corrected chi connectivity index (χ0v) is 13.4. The van der Waals surface area contributed by atoms with E-state index in [1.807, 2.05) is 6.07 Å². The average Bonchev–Trinajstić information content (AvgIpc) is 2.46. The Morgan fingerprint density at radius 3 is 2.52 bits per heavy atom. The molecule has 21 heavy (non-hydrogen) atoms. The summed E-state index contributed by atoms with van der Waals surface area (Å²) in [5.74, 6) is 1.61. The number of aliphatic hydroxyl groups is 1. The van der Waals surface area contributed by atoms with Crippen LogP contribution in [0.3, 0.4) is 0 Å². The molecule has 0 spiro atoms. The average molecular weight is 353 g/mol. The maximum atomic E-state index is 10.4. The lowest BCUT2D eigenvalue weighted by molar-refractivity contribution is 0.177. The van der Waals surface area contributed by atoms with Crippen molar-refractivity contribution >= 4 is 21.7 Å². The van der Waals surface area contributed by atoms with E-state index in [4.69, 9.17) is 15.2 Å². The third-order valence-electron chi connectivity index (χ3n) is 3.14. The number of ether oxygens (including phenoxy) is 2. The smallest absolute Gasteiger partial charge is 0.161 e. The normalized spacial score (nSPS) is 12.0. The van der Waals surface area contributed by atoms with Gasteiger partial charge in [-0.1, -0.05) is 15.9 Å². The number of aromatic nitrogens is 1. The van der Waals surface area contributed by atoms with E-state index < -0.39 is 6.10 Å². The molecule has 0 fully saturated rings. The summed E-state index contributed by atoms with van der Waals surface area (Å²) in [7, 11) is 3.13. The zero-order valence-electron chi connectivity index (χ0n) is 11.8. The summed E-state index contributed by atoms with van der Waals surface area (Å²) in [5, 5.41) is 10.4. The minimum atomic E-state index is -0.694. The van der Waals surface area contributed by atoms with E-state index in [1.54, 1.807) is 38.6 Å². The first-order chi connectivity index (χ1) is 10.0. The number of pyridine rings is 1. The van der Waals surface area contributed by atoms with Crippen molar-refractivity contribution in [2.45, 2.75) is 12.5 Å². The van der Waals surface area contributed by atoms with Gasteiger partial charge in [0.25, 0.3) is 0 Å². The van der Waals surface area contributed by atoms with Gasteiger partial charge in [0.05, 0.1) is 20.3 Å². The summed E-state index contributed by atoms with van der Waals surface area (Å²) in [5.41, 5.74) is 7.29. The quantitative estimate of drug-likeness (QED) is 0.864. The summed E-state index contributed by atoms with van der Waals surface area (Å²) in [6.07, 6.45) is 1.36. The first-order valence-corrected chi connectivity index (χ1v) is 7.14. The monoisotopic (exact) mass is 352 g/mol. The number of nitrogens with two attached hydrogens (primary N) is 1. The van der Waals surface area contributed by atoms with E-state index in [2.05, 4.69) is 20.9 Å². The van der Waals surface area contributed by atoms with E-state index in [1.165, 1.54) is 0 Å². The van der Waals surface area contributed by atoms with Gasteiger partial charge in [0, 0.05) is 17.1 Å². The van der Waals surface area contributed by atoms with Crippen molar-refractivity contribution in [2.24, 2.45) is 0 Å². The van der Waals surface area contributed by atoms with Gasteiger partial charge in [-0.05, 0) is 35.4 Å². The Labute approximate surface area is 131 Å². The van der Waals surface area contributed by atoms with Gasteiger partial charge >= 0.3 is 0 Å². The van der Waals surface area contributed by atoms with Crippen molar-refractivity contribution in [3.05, 3.63) is 46.1 Å². The third kappa shape index (κ3) is 3.65. The number of aliphatic hydroxyl groups excluding tert-OH is 1.